The van der Waals surface area contributed by atoms with Gasteiger partial charge in [0.1, 0.15) is 0 Å². The van der Waals surface area contributed by atoms with Gasteiger partial charge in [0.2, 0.25) is 0 Å². The van der Waals surface area contributed by atoms with Crippen molar-refractivity contribution in [2.45, 2.75) is 46.1 Å². The highest BCUT2D eigenvalue weighted by Crippen LogP contribution is 2.09. The summed E-state index contributed by atoms with van der Waals surface area (Å²) in [6.45, 7) is 8.47. The fourth-order valence-corrected chi connectivity index (χ4v) is 1.06. The van der Waals surface area contributed by atoms with E-state index in [1.807, 2.05) is 27.7 Å². The van der Waals surface area contributed by atoms with Gasteiger partial charge < -0.3 is 5.11 Å². The Morgan fingerprint density at radius 1 is 1.41 bits per heavy atom. The summed E-state index contributed by atoms with van der Waals surface area (Å²) in [6, 6.07) is 0. The van der Waals surface area contributed by atoms with Gasteiger partial charge in [0, 0.05) is 12.2 Å². The normalized spacial score (nSPS) is 13.3. The molecule has 0 fully saturated rings. The zero-order chi connectivity index (χ0) is 13.5. The van der Waals surface area contributed by atoms with Crippen LogP contribution in [0.3, 0.4) is 0 Å². The SMILES string of the molecule is CC(CCO)CCON[N+](=O)N(C)C(C)(C)C. The van der Waals surface area contributed by atoms with E-state index in [0.717, 1.165) is 12.8 Å². The maximum Gasteiger partial charge on any atom is 0.274 e. The van der Waals surface area contributed by atoms with Gasteiger partial charge in [-0.25, -0.2) is 4.84 Å². The van der Waals surface area contributed by atoms with Crippen LogP contribution in [0.25, 0.3) is 0 Å². The van der Waals surface area contributed by atoms with Crippen molar-refractivity contribution in [1.82, 2.24) is 10.6 Å². The smallest absolute Gasteiger partial charge is 0.274 e. The van der Waals surface area contributed by atoms with E-state index in [4.69, 9.17) is 9.94 Å². The van der Waals surface area contributed by atoms with Crippen molar-refractivity contribution >= 4 is 0 Å². The maximum atomic E-state index is 11.5. The van der Waals surface area contributed by atoms with E-state index in [9.17, 15) is 4.91 Å². The summed E-state index contributed by atoms with van der Waals surface area (Å²) in [5.74, 6) is 0.391. The Balaban J connectivity index is 3.72. The molecule has 102 valence electrons. The number of hydrazine groups is 2. The highest BCUT2D eigenvalue weighted by atomic mass is 16.7. The van der Waals surface area contributed by atoms with Gasteiger partial charge in [-0.3, -0.25) is 0 Å². The zero-order valence-corrected chi connectivity index (χ0v) is 11.6. The van der Waals surface area contributed by atoms with Gasteiger partial charge in [-0.05, 0) is 39.5 Å². The van der Waals surface area contributed by atoms with Gasteiger partial charge in [0.15, 0.2) is 0 Å². The third kappa shape index (κ3) is 7.12. The lowest BCUT2D eigenvalue weighted by Gasteiger charge is -2.22. The van der Waals surface area contributed by atoms with Gasteiger partial charge in [-0.2, -0.15) is 0 Å². The standard InChI is InChI=1S/C11H26N3O3/c1-10(6-8-15)7-9-17-12-14(16)13(5)11(2,3)4/h10,15H,6-9H2,1-5H3,(H,12,16)/q+1. The average molecular weight is 248 g/mol. The first kappa shape index (κ1) is 16.1. The molecule has 0 aromatic rings. The molecule has 2 N–H and O–H groups in total. The van der Waals surface area contributed by atoms with E-state index in [0.29, 0.717) is 17.5 Å². The van der Waals surface area contributed by atoms with Crippen LogP contribution < -0.4 is 5.59 Å². The van der Waals surface area contributed by atoms with Gasteiger partial charge in [-0.1, -0.05) is 6.92 Å². The number of hydrogen-bond donors (Lipinski definition) is 2. The van der Waals surface area contributed by atoms with E-state index in [1.54, 1.807) is 7.05 Å². The first-order chi connectivity index (χ1) is 7.79. The van der Waals surface area contributed by atoms with Crippen LogP contribution in [-0.2, 0) is 4.84 Å². The molecule has 0 amide bonds. The van der Waals surface area contributed by atoms with Crippen molar-refractivity contribution in [2.24, 2.45) is 5.92 Å². The molecule has 6 nitrogen and oxygen atoms in total. The Morgan fingerprint density at radius 2 is 2.00 bits per heavy atom. The van der Waals surface area contributed by atoms with Crippen LogP contribution in [0, 0.1) is 10.8 Å². The molecule has 0 spiro atoms. The average Bonchev–Trinajstić information content (AvgIpc) is 2.22. The Hall–Kier alpha value is -0.880. The van der Waals surface area contributed by atoms with Crippen molar-refractivity contribution < 1.29 is 14.9 Å². The van der Waals surface area contributed by atoms with Crippen LogP contribution >= 0.6 is 0 Å². The first-order valence-corrected chi connectivity index (χ1v) is 5.98. The lowest BCUT2D eigenvalue weighted by molar-refractivity contribution is -0.795. The molecule has 1 unspecified atom stereocenters. The second-order valence-electron chi connectivity index (χ2n) is 5.31. The van der Waals surface area contributed by atoms with Gasteiger partial charge >= 0.3 is 0 Å². The summed E-state index contributed by atoms with van der Waals surface area (Å²) in [5.41, 5.74) is 2.07. The lowest BCUT2D eigenvalue weighted by Crippen LogP contribution is -2.49. The van der Waals surface area contributed by atoms with Gasteiger partial charge in [0.05, 0.1) is 24.1 Å². The molecule has 1 atom stereocenters. The quantitative estimate of drug-likeness (QED) is 0.384. The molecule has 0 aliphatic heterocycles. The molecule has 0 aliphatic rings. The molecule has 0 saturated heterocycles. The molecule has 6 heteroatoms. The third-order valence-electron chi connectivity index (χ3n) is 2.72. The highest BCUT2D eigenvalue weighted by molar-refractivity contribution is 4.64. The molecule has 0 aromatic heterocycles. The second-order valence-corrected chi connectivity index (χ2v) is 5.31. The monoisotopic (exact) mass is 248 g/mol. The topological polar surface area (TPSA) is 64.8 Å². The number of nitrogens with one attached hydrogen (secondary N) is 1. The van der Waals surface area contributed by atoms with Crippen LogP contribution in [0.2, 0.25) is 0 Å². The van der Waals surface area contributed by atoms with Crippen LogP contribution in [0.4, 0.5) is 0 Å². The molecule has 0 rings (SSSR count). The molecule has 0 aliphatic carbocycles. The Morgan fingerprint density at radius 3 is 2.47 bits per heavy atom. The van der Waals surface area contributed by atoms with Gasteiger partial charge in [-0.15, -0.1) is 5.01 Å². The number of rotatable bonds is 8. The molecule has 0 heterocycles. The van der Waals surface area contributed by atoms with E-state index in [2.05, 4.69) is 5.59 Å². The lowest BCUT2D eigenvalue weighted by atomic mass is 10.1. The fourth-order valence-electron chi connectivity index (χ4n) is 1.06. The van der Waals surface area contributed by atoms with Crippen molar-refractivity contribution in [3.05, 3.63) is 4.91 Å². The number of nitroso groups, excluding NO2 is 1. The van der Waals surface area contributed by atoms with Crippen molar-refractivity contribution in [2.75, 3.05) is 20.3 Å². The van der Waals surface area contributed by atoms with Crippen LogP contribution in [-0.4, -0.2) is 40.9 Å². The summed E-state index contributed by atoms with van der Waals surface area (Å²) in [4.78, 5) is 17.2. The summed E-state index contributed by atoms with van der Waals surface area (Å²) in [5, 5.41) is 10.2. The fraction of sp³-hybridized carbons (Fsp3) is 1.00. The largest absolute Gasteiger partial charge is 0.396 e. The minimum absolute atomic E-state index is 0.190. The molecular weight excluding hydrogens is 222 g/mol. The number of aliphatic hydroxyl groups excluding tert-OH is 1. The van der Waals surface area contributed by atoms with E-state index in [-0.39, 0.29) is 12.1 Å². The Bertz CT molecular complexity index is 228. The van der Waals surface area contributed by atoms with E-state index in [1.165, 1.54) is 5.01 Å². The number of nitrogens with zero attached hydrogens (tertiary/aromatic N) is 2. The molecule has 17 heavy (non-hydrogen) atoms. The van der Waals surface area contributed by atoms with Crippen molar-refractivity contribution in [3.8, 4) is 0 Å². The predicted molar refractivity (Wildman–Crippen MR) is 65.7 cm³/mol. The summed E-state index contributed by atoms with van der Waals surface area (Å²) in [6.07, 6.45) is 1.56. The molecule has 0 saturated carbocycles. The Labute approximate surface area is 103 Å². The van der Waals surface area contributed by atoms with Crippen molar-refractivity contribution in [3.63, 3.8) is 0 Å². The molecule has 0 bridgehead atoms. The van der Waals surface area contributed by atoms with E-state index < -0.39 is 0 Å². The molecular formula is C11H26N3O3+. The third-order valence-corrected chi connectivity index (χ3v) is 2.72. The number of hydrogen-bond acceptors (Lipinski definition) is 3. The molecule has 0 aromatic carbocycles. The van der Waals surface area contributed by atoms with Crippen LogP contribution in [0.15, 0.2) is 0 Å². The summed E-state index contributed by atoms with van der Waals surface area (Å²) >= 11 is 0. The minimum Gasteiger partial charge on any atom is -0.396 e. The van der Waals surface area contributed by atoms with Crippen LogP contribution in [0.1, 0.15) is 40.5 Å². The summed E-state index contributed by atoms with van der Waals surface area (Å²) < 4.78 is 0. The van der Waals surface area contributed by atoms with Crippen LogP contribution in [0.5, 0.6) is 0 Å². The minimum atomic E-state index is -0.262. The van der Waals surface area contributed by atoms with Gasteiger partial charge in [0.25, 0.3) is 4.98 Å². The zero-order valence-electron chi connectivity index (χ0n) is 11.6. The first-order valence-electron chi connectivity index (χ1n) is 5.98. The van der Waals surface area contributed by atoms with Crippen molar-refractivity contribution in [1.29, 1.82) is 0 Å². The highest BCUT2D eigenvalue weighted by Gasteiger charge is 2.29. The maximum absolute atomic E-state index is 11.5. The number of aliphatic hydroxyl groups is 1. The predicted octanol–water partition coefficient (Wildman–Crippen LogP) is 1.26. The Kier molecular flexibility index (Phi) is 7.06. The second kappa shape index (κ2) is 7.45. The summed E-state index contributed by atoms with van der Waals surface area (Å²) in [7, 11) is 1.69. The molecule has 0 radical (unpaired) electrons. The van der Waals surface area contributed by atoms with E-state index >= 15 is 0 Å².